The van der Waals surface area contributed by atoms with Gasteiger partial charge in [-0.15, -0.1) is 24.0 Å². The number of halogens is 1. The number of nitrogens with zero attached hydrogens (tertiary/aromatic N) is 1. The molecule has 0 fully saturated rings. The number of guanidine groups is 1. The summed E-state index contributed by atoms with van der Waals surface area (Å²) in [6.07, 6.45) is 0.512. The molecule has 8 heteroatoms. The summed E-state index contributed by atoms with van der Waals surface area (Å²) in [5, 5.41) is 9.43. The summed E-state index contributed by atoms with van der Waals surface area (Å²) in [5.41, 5.74) is 1.85. The van der Waals surface area contributed by atoms with E-state index in [2.05, 4.69) is 20.9 Å². The summed E-state index contributed by atoms with van der Waals surface area (Å²) in [6.45, 7) is 5.76. The predicted molar refractivity (Wildman–Crippen MR) is 137 cm³/mol. The molecule has 2 rings (SSSR count). The maximum absolute atomic E-state index is 12.0. The van der Waals surface area contributed by atoms with E-state index < -0.39 is 0 Å². The van der Waals surface area contributed by atoms with Crippen molar-refractivity contribution in [2.24, 2.45) is 10.9 Å². The highest BCUT2D eigenvalue weighted by Crippen LogP contribution is 2.16. The van der Waals surface area contributed by atoms with Crippen molar-refractivity contribution >= 4 is 41.5 Å². The number of carbonyl (C=O) groups excluding carboxylic acids is 1. The third-order valence-corrected chi connectivity index (χ3v) is 4.21. The van der Waals surface area contributed by atoms with Crippen LogP contribution in [0.2, 0.25) is 0 Å². The van der Waals surface area contributed by atoms with Gasteiger partial charge in [0.05, 0.1) is 13.7 Å². The molecular weight excluding hydrogens is 507 g/mol. The Morgan fingerprint density at radius 1 is 1.06 bits per heavy atom. The van der Waals surface area contributed by atoms with Crippen molar-refractivity contribution in [1.82, 2.24) is 10.6 Å². The van der Waals surface area contributed by atoms with E-state index >= 15 is 0 Å². The number of amides is 1. The first kappa shape index (κ1) is 26.5. The molecule has 0 bridgehead atoms. The van der Waals surface area contributed by atoms with Crippen molar-refractivity contribution in [3.63, 3.8) is 0 Å². The molecule has 0 aliphatic rings. The molecule has 1 amide bonds. The maximum Gasteiger partial charge on any atom is 0.224 e. The number of hydrogen-bond donors (Lipinski definition) is 3. The van der Waals surface area contributed by atoms with E-state index in [4.69, 9.17) is 9.47 Å². The predicted octanol–water partition coefficient (Wildman–Crippen LogP) is 4.04. The summed E-state index contributed by atoms with van der Waals surface area (Å²) in [5.74, 6) is 2.63. The topological polar surface area (TPSA) is 84.0 Å². The minimum atomic E-state index is 0. The molecule has 7 nitrogen and oxygen atoms in total. The second kappa shape index (κ2) is 14.5. The number of nitrogens with one attached hydrogen (secondary N) is 3. The monoisotopic (exact) mass is 540 g/mol. The average molecular weight is 540 g/mol. The number of ether oxygens (including phenoxy) is 2. The molecule has 31 heavy (non-hydrogen) atoms. The zero-order valence-electron chi connectivity index (χ0n) is 18.6. The van der Waals surface area contributed by atoms with Gasteiger partial charge >= 0.3 is 0 Å². The van der Waals surface area contributed by atoms with Crippen molar-refractivity contribution < 1.29 is 14.3 Å². The van der Waals surface area contributed by atoms with Gasteiger partial charge in [0.1, 0.15) is 18.1 Å². The van der Waals surface area contributed by atoms with E-state index in [1.54, 1.807) is 14.2 Å². The number of methoxy groups -OCH3 is 1. The smallest absolute Gasteiger partial charge is 0.224 e. The number of anilines is 1. The third kappa shape index (κ3) is 10.4. The van der Waals surface area contributed by atoms with E-state index in [-0.39, 0.29) is 29.9 Å². The normalized spacial score (nSPS) is 10.8. The van der Waals surface area contributed by atoms with Gasteiger partial charge in [0, 0.05) is 25.7 Å². The highest BCUT2D eigenvalue weighted by molar-refractivity contribution is 14.0. The van der Waals surface area contributed by atoms with Gasteiger partial charge in [-0.25, -0.2) is 0 Å². The van der Waals surface area contributed by atoms with E-state index in [0.29, 0.717) is 38.0 Å². The zero-order valence-corrected chi connectivity index (χ0v) is 20.9. The van der Waals surface area contributed by atoms with Crippen molar-refractivity contribution in [2.45, 2.75) is 26.8 Å². The van der Waals surface area contributed by atoms with Gasteiger partial charge in [0.25, 0.3) is 0 Å². The molecule has 0 atom stereocenters. The van der Waals surface area contributed by atoms with Crippen LogP contribution in [0.3, 0.4) is 0 Å². The summed E-state index contributed by atoms with van der Waals surface area (Å²) in [7, 11) is 3.36. The van der Waals surface area contributed by atoms with Crippen molar-refractivity contribution in [1.29, 1.82) is 0 Å². The Balaban J connectivity index is 0.00000480. The van der Waals surface area contributed by atoms with Gasteiger partial charge in [-0.3, -0.25) is 9.79 Å². The Labute approximate surface area is 202 Å². The molecule has 0 spiro atoms. The van der Waals surface area contributed by atoms with Gasteiger partial charge in [0.2, 0.25) is 5.91 Å². The number of hydrogen-bond acceptors (Lipinski definition) is 4. The van der Waals surface area contributed by atoms with Gasteiger partial charge in [-0.05, 0) is 47.9 Å². The Morgan fingerprint density at radius 2 is 1.77 bits per heavy atom. The number of benzene rings is 2. The fourth-order valence-corrected chi connectivity index (χ4v) is 2.76. The van der Waals surface area contributed by atoms with Crippen LogP contribution in [0.1, 0.15) is 25.8 Å². The Bertz CT molecular complexity index is 826. The highest BCUT2D eigenvalue weighted by Gasteiger charge is 2.06. The molecule has 0 unspecified atom stereocenters. The summed E-state index contributed by atoms with van der Waals surface area (Å²) < 4.78 is 10.8. The number of aliphatic imine (C=N–C) groups is 1. The number of carbonyl (C=O) groups is 1. The molecule has 3 N–H and O–H groups in total. The molecule has 0 aliphatic carbocycles. The molecule has 0 radical (unpaired) electrons. The van der Waals surface area contributed by atoms with Crippen LogP contribution in [-0.2, 0) is 11.3 Å². The summed E-state index contributed by atoms with van der Waals surface area (Å²) >= 11 is 0. The number of rotatable bonds is 10. The molecular formula is C23H33IN4O3. The highest BCUT2D eigenvalue weighted by atomic mass is 127. The largest absolute Gasteiger partial charge is 0.497 e. The zero-order chi connectivity index (χ0) is 21.8. The van der Waals surface area contributed by atoms with E-state index in [0.717, 1.165) is 22.7 Å². The standard InChI is InChI=1S/C23H32N4O3.HI/c1-17(2)14-22(28)27-19-7-5-6-18(15-19)16-26-23(24-3)25-12-13-30-21-10-8-20(29-4)9-11-21;/h5-11,15,17H,12-14,16H2,1-4H3,(H,27,28)(H2,24,25,26);1H. The van der Waals surface area contributed by atoms with Gasteiger partial charge in [-0.2, -0.15) is 0 Å². The van der Waals surface area contributed by atoms with Crippen LogP contribution in [0.25, 0.3) is 0 Å². The fraction of sp³-hybridized carbons (Fsp3) is 0.391. The van der Waals surface area contributed by atoms with E-state index in [1.807, 2.05) is 62.4 Å². The molecule has 0 saturated carbocycles. The van der Waals surface area contributed by atoms with Crippen LogP contribution in [0.4, 0.5) is 5.69 Å². The first-order valence-electron chi connectivity index (χ1n) is 10.1. The van der Waals surface area contributed by atoms with Crippen molar-refractivity contribution in [3.8, 4) is 11.5 Å². The minimum Gasteiger partial charge on any atom is -0.497 e. The van der Waals surface area contributed by atoms with E-state index in [9.17, 15) is 4.79 Å². The van der Waals surface area contributed by atoms with Crippen molar-refractivity contribution in [3.05, 3.63) is 54.1 Å². The second-order valence-electron chi connectivity index (χ2n) is 7.22. The van der Waals surface area contributed by atoms with Gasteiger partial charge in [0.15, 0.2) is 5.96 Å². The average Bonchev–Trinajstić information content (AvgIpc) is 2.73. The SMILES string of the molecule is CN=C(NCCOc1ccc(OC)cc1)NCc1cccc(NC(=O)CC(C)C)c1.I. The molecule has 2 aromatic rings. The van der Waals surface area contributed by atoms with E-state index in [1.165, 1.54) is 0 Å². The maximum atomic E-state index is 12.0. The Kier molecular flexibility index (Phi) is 12.4. The summed E-state index contributed by atoms with van der Waals surface area (Å²) in [4.78, 5) is 16.2. The minimum absolute atomic E-state index is 0. The molecule has 2 aromatic carbocycles. The fourth-order valence-electron chi connectivity index (χ4n) is 2.76. The van der Waals surface area contributed by atoms with Crippen LogP contribution < -0.4 is 25.4 Å². The van der Waals surface area contributed by atoms with Crippen LogP contribution in [-0.4, -0.2) is 39.2 Å². The summed E-state index contributed by atoms with van der Waals surface area (Å²) in [6, 6.07) is 15.3. The molecule has 0 aromatic heterocycles. The first-order chi connectivity index (χ1) is 14.5. The molecule has 0 aliphatic heterocycles. The second-order valence-corrected chi connectivity index (χ2v) is 7.22. The first-order valence-corrected chi connectivity index (χ1v) is 10.1. The third-order valence-electron chi connectivity index (χ3n) is 4.21. The molecule has 0 saturated heterocycles. The van der Waals surface area contributed by atoms with Crippen LogP contribution >= 0.6 is 24.0 Å². The lowest BCUT2D eigenvalue weighted by molar-refractivity contribution is -0.116. The Hall–Kier alpha value is -2.49. The lowest BCUT2D eigenvalue weighted by Gasteiger charge is -2.13. The van der Waals surface area contributed by atoms with Crippen LogP contribution in [0.15, 0.2) is 53.5 Å². The quantitative estimate of drug-likeness (QED) is 0.183. The Morgan fingerprint density at radius 3 is 2.42 bits per heavy atom. The van der Waals surface area contributed by atoms with Crippen LogP contribution in [0.5, 0.6) is 11.5 Å². The lowest BCUT2D eigenvalue weighted by Crippen LogP contribution is -2.38. The van der Waals surface area contributed by atoms with Gasteiger partial charge < -0.3 is 25.4 Å². The molecule has 0 heterocycles. The molecule has 170 valence electrons. The van der Waals surface area contributed by atoms with Gasteiger partial charge in [-0.1, -0.05) is 26.0 Å². The van der Waals surface area contributed by atoms with Crippen molar-refractivity contribution in [2.75, 3.05) is 32.6 Å². The van der Waals surface area contributed by atoms with Crippen LogP contribution in [0, 0.1) is 5.92 Å². The lowest BCUT2D eigenvalue weighted by atomic mass is 10.1.